The molecule has 1 aliphatic carbocycles. The summed E-state index contributed by atoms with van der Waals surface area (Å²) in [4.78, 5) is 9.58. The van der Waals surface area contributed by atoms with Gasteiger partial charge in [0.05, 0.1) is 0 Å². The van der Waals surface area contributed by atoms with Gasteiger partial charge in [0, 0.05) is 24.2 Å². The van der Waals surface area contributed by atoms with Gasteiger partial charge in [0.15, 0.2) is 0 Å². The third kappa shape index (κ3) is 2.92. The lowest BCUT2D eigenvalue weighted by atomic mass is 9.82. The minimum atomic E-state index is 0.346. The fourth-order valence-corrected chi connectivity index (χ4v) is 3.15. The van der Waals surface area contributed by atoms with Crippen molar-refractivity contribution in [2.45, 2.75) is 45.4 Å². The monoisotopic (exact) mass is 281 g/mol. The van der Waals surface area contributed by atoms with Crippen LogP contribution >= 0.6 is 0 Å². The van der Waals surface area contributed by atoms with Crippen LogP contribution in [0.2, 0.25) is 0 Å². The Hall–Kier alpha value is -1.90. The van der Waals surface area contributed by atoms with E-state index in [0.29, 0.717) is 5.92 Å². The third-order valence-corrected chi connectivity index (χ3v) is 4.20. The third-order valence-electron chi connectivity index (χ3n) is 4.20. The molecule has 0 spiro atoms. The van der Waals surface area contributed by atoms with Gasteiger partial charge < -0.3 is 5.32 Å². The number of hydrogen-bond donors (Lipinski definition) is 1. The number of benzene rings is 1. The highest BCUT2D eigenvalue weighted by Crippen LogP contribution is 2.35. The Balaban J connectivity index is 2.02. The van der Waals surface area contributed by atoms with Crippen molar-refractivity contribution in [2.75, 3.05) is 11.9 Å². The van der Waals surface area contributed by atoms with Crippen LogP contribution in [-0.2, 0) is 12.8 Å². The SMILES string of the molecule is CCNc1cc(CC)nc(C2CCCc3ccccc32)n1. The van der Waals surface area contributed by atoms with Crippen LogP contribution in [-0.4, -0.2) is 16.5 Å². The lowest BCUT2D eigenvalue weighted by Gasteiger charge is -2.25. The Labute approximate surface area is 126 Å². The molecule has 110 valence electrons. The lowest BCUT2D eigenvalue weighted by molar-refractivity contribution is 0.588. The van der Waals surface area contributed by atoms with Crippen LogP contribution in [0.15, 0.2) is 30.3 Å². The lowest BCUT2D eigenvalue weighted by Crippen LogP contribution is -2.15. The highest BCUT2D eigenvalue weighted by molar-refractivity contribution is 5.41. The van der Waals surface area contributed by atoms with Crippen molar-refractivity contribution in [2.24, 2.45) is 0 Å². The predicted molar refractivity (Wildman–Crippen MR) is 86.8 cm³/mol. The maximum absolute atomic E-state index is 4.81. The second-order valence-corrected chi connectivity index (χ2v) is 5.63. The molecule has 21 heavy (non-hydrogen) atoms. The topological polar surface area (TPSA) is 37.8 Å². The Morgan fingerprint density at radius 2 is 2.05 bits per heavy atom. The Morgan fingerprint density at radius 3 is 2.86 bits per heavy atom. The van der Waals surface area contributed by atoms with Crippen LogP contribution in [0.5, 0.6) is 0 Å². The molecule has 0 aliphatic heterocycles. The maximum atomic E-state index is 4.81. The van der Waals surface area contributed by atoms with Gasteiger partial charge in [-0.3, -0.25) is 0 Å². The van der Waals surface area contributed by atoms with Crippen molar-refractivity contribution in [3.8, 4) is 0 Å². The zero-order chi connectivity index (χ0) is 14.7. The largest absolute Gasteiger partial charge is 0.370 e. The molecule has 1 N–H and O–H groups in total. The molecule has 1 aliphatic rings. The van der Waals surface area contributed by atoms with E-state index in [-0.39, 0.29) is 0 Å². The number of fused-ring (bicyclic) bond motifs is 1. The van der Waals surface area contributed by atoms with E-state index >= 15 is 0 Å². The molecule has 1 aromatic heterocycles. The zero-order valence-corrected chi connectivity index (χ0v) is 12.9. The summed E-state index contributed by atoms with van der Waals surface area (Å²) in [7, 11) is 0. The summed E-state index contributed by atoms with van der Waals surface area (Å²) in [5.41, 5.74) is 4.00. The van der Waals surface area contributed by atoms with Gasteiger partial charge in [0.2, 0.25) is 0 Å². The van der Waals surface area contributed by atoms with Gasteiger partial charge in [-0.2, -0.15) is 0 Å². The normalized spacial score (nSPS) is 17.3. The van der Waals surface area contributed by atoms with E-state index in [1.54, 1.807) is 0 Å². The predicted octanol–water partition coefficient (Wildman–Crippen LogP) is 3.94. The molecular formula is C18H23N3. The fourth-order valence-electron chi connectivity index (χ4n) is 3.15. The molecule has 1 atom stereocenters. The number of aryl methyl sites for hydroxylation is 2. The summed E-state index contributed by atoms with van der Waals surface area (Å²) in [6.45, 7) is 5.14. The minimum Gasteiger partial charge on any atom is -0.370 e. The zero-order valence-electron chi connectivity index (χ0n) is 12.9. The van der Waals surface area contributed by atoms with Crippen LogP contribution in [0.3, 0.4) is 0 Å². The summed E-state index contributed by atoms with van der Waals surface area (Å²) in [6.07, 6.45) is 4.50. The molecule has 1 heterocycles. The standard InChI is InChI=1S/C18H23N3/c1-3-14-12-17(19-4-2)21-18(20-14)16-11-7-9-13-8-5-6-10-15(13)16/h5-6,8,10,12,16H,3-4,7,9,11H2,1-2H3,(H,19,20,21). The van der Waals surface area contributed by atoms with Gasteiger partial charge in [-0.25, -0.2) is 9.97 Å². The number of nitrogens with one attached hydrogen (secondary N) is 1. The molecular weight excluding hydrogens is 258 g/mol. The molecule has 0 saturated heterocycles. The Bertz CT molecular complexity index is 622. The second-order valence-electron chi connectivity index (χ2n) is 5.63. The molecule has 0 saturated carbocycles. The van der Waals surface area contributed by atoms with E-state index in [1.165, 1.54) is 24.0 Å². The first-order chi connectivity index (χ1) is 10.3. The second kappa shape index (κ2) is 6.25. The van der Waals surface area contributed by atoms with Crippen LogP contribution < -0.4 is 5.32 Å². The summed E-state index contributed by atoms with van der Waals surface area (Å²) in [6, 6.07) is 10.8. The van der Waals surface area contributed by atoms with Crippen LogP contribution in [0, 0.1) is 0 Å². The van der Waals surface area contributed by atoms with Gasteiger partial charge in [-0.1, -0.05) is 31.2 Å². The van der Waals surface area contributed by atoms with E-state index in [0.717, 1.165) is 36.7 Å². The highest BCUT2D eigenvalue weighted by Gasteiger charge is 2.24. The number of anilines is 1. The van der Waals surface area contributed by atoms with E-state index in [4.69, 9.17) is 9.97 Å². The summed E-state index contributed by atoms with van der Waals surface area (Å²) in [5, 5.41) is 3.33. The molecule has 0 fully saturated rings. The summed E-state index contributed by atoms with van der Waals surface area (Å²) >= 11 is 0. The molecule has 0 amide bonds. The molecule has 1 unspecified atom stereocenters. The van der Waals surface area contributed by atoms with Gasteiger partial charge in [0.1, 0.15) is 11.6 Å². The van der Waals surface area contributed by atoms with E-state index < -0.39 is 0 Å². The molecule has 0 bridgehead atoms. The van der Waals surface area contributed by atoms with Crippen molar-refractivity contribution in [1.29, 1.82) is 0 Å². The maximum Gasteiger partial charge on any atom is 0.138 e. The van der Waals surface area contributed by atoms with E-state index in [1.807, 2.05) is 0 Å². The van der Waals surface area contributed by atoms with E-state index in [2.05, 4.69) is 49.5 Å². The van der Waals surface area contributed by atoms with Crippen LogP contribution in [0.25, 0.3) is 0 Å². The van der Waals surface area contributed by atoms with Crippen molar-refractivity contribution in [3.05, 3.63) is 53.0 Å². The highest BCUT2D eigenvalue weighted by atomic mass is 15.0. The van der Waals surface area contributed by atoms with Crippen molar-refractivity contribution >= 4 is 5.82 Å². The molecule has 3 heteroatoms. The average Bonchev–Trinajstić information content (AvgIpc) is 2.54. The first-order valence-corrected chi connectivity index (χ1v) is 8.01. The van der Waals surface area contributed by atoms with Gasteiger partial charge >= 0.3 is 0 Å². The Morgan fingerprint density at radius 1 is 1.19 bits per heavy atom. The van der Waals surface area contributed by atoms with Crippen molar-refractivity contribution < 1.29 is 0 Å². The van der Waals surface area contributed by atoms with Crippen molar-refractivity contribution in [3.63, 3.8) is 0 Å². The van der Waals surface area contributed by atoms with Crippen molar-refractivity contribution in [1.82, 2.24) is 9.97 Å². The summed E-state index contributed by atoms with van der Waals surface area (Å²) in [5.74, 6) is 2.29. The van der Waals surface area contributed by atoms with Crippen LogP contribution in [0.1, 0.15) is 55.3 Å². The first kappa shape index (κ1) is 14.1. The molecule has 3 nitrogen and oxygen atoms in total. The smallest absolute Gasteiger partial charge is 0.138 e. The Kier molecular flexibility index (Phi) is 4.18. The number of rotatable bonds is 4. The van der Waals surface area contributed by atoms with Gasteiger partial charge in [-0.15, -0.1) is 0 Å². The fraction of sp³-hybridized carbons (Fsp3) is 0.444. The average molecular weight is 281 g/mol. The minimum absolute atomic E-state index is 0.346. The van der Waals surface area contributed by atoms with Gasteiger partial charge in [-0.05, 0) is 43.7 Å². The summed E-state index contributed by atoms with van der Waals surface area (Å²) < 4.78 is 0. The molecule has 2 aromatic rings. The van der Waals surface area contributed by atoms with E-state index in [9.17, 15) is 0 Å². The first-order valence-electron chi connectivity index (χ1n) is 8.01. The number of aromatic nitrogens is 2. The number of nitrogens with zero attached hydrogens (tertiary/aromatic N) is 2. The number of hydrogen-bond acceptors (Lipinski definition) is 3. The molecule has 1 aromatic carbocycles. The van der Waals surface area contributed by atoms with Gasteiger partial charge in [0.25, 0.3) is 0 Å². The van der Waals surface area contributed by atoms with Crippen LogP contribution in [0.4, 0.5) is 5.82 Å². The molecule has 3 rings (SSSR count). The molecule has 0 radical (unpaired) electrons. The quantitative estimate of drug-likeness (QED) is 0.922.